The molecule has 1 aromatic rings. The highest BCUT2D eigenvalue weighted by molar-refractivity contribution is 7.89. The molecule has 98 valence electrons. The molecule has 0 aliphatic rings. The zero-order chi connectivity index (χ0) is 13.9. The molecule has 0 aromatic heterocycles. The van der Waals surface area contributed by atoms with Gasteiger partial charge in [-0.2, -0.15) is 0 Å². The van der Waals surface area contributed by atoms with E-state index in [4.69, 9.17) is 23.2 Å². The highest BCUT2D eigenvalue weighted by atomic mass is 35.5. The predicted molar refractivity (Wildman–Crippen MR) is 68.3 cm³/mol. The van der Waals surface area contributed by atoms with Gasteiger partial charge in [0.25, 0.3) is 5.69 Å². The van der Waals surface area contributed by atoms with Crippen LogP contribution in [-0.2, 0) is 10.0 Å². The van der Waals surface area contributed by atoms with Gasteiger partial charge in [-0.25, -0.2) is 13.1 Å². The lowest BCUT2D eigenvalue weighted by atomic mass is 10.3. The molecule has 0 saturated carbocycles. The molecule has 0 aliphatic heterocycles. The van der Waals surface area contributed by atoms with E-state index in [0.29, 0.717) is 0 Å². The Morgan fingerprint density at radius 2 is 2.11 bits per heavy atom. The van der Waals surface area contributed by atoms with Crippen molar-refractivity contribution in [2.45, 2.75) is 4.90 Å². The molecule has 0 aliphatic carbocycles. The van der Waals surface area contributed by atoms with Gasteiger partial charge in [-0.1, -0.05) is 29.8 Å². The molecule has 6 nitrogen and oxygen atoms in total. The summed E-state index contributed by atoms with van der Waals surface area (Å²) in [6.45, 7) is 3.17. The number of non-ortho nitro benzene ring substituents is 1. The third-order valence-corrected chi connectivity index (χ3v) is 3.89. The van der Waals surface area contributed by atoms with Gasteiger partial charge in [0.05, 0.1) is 9.95 Å². The number of nitro groups is 1. The van der Waals surface area contributed by atoms with Crippen LogP contribution in [0.2, 0.25) is 5.02 Å². The number of hydrogen-bond donors (Lipinski definition) is 1. The summed E-state index contributed by atoms with van der Waals surface area (Å²) >= 11 is 11.1. The second kappa shape index (κ2) is 5.66. The van der Waals surface area contributed by atoms with Gasteiger partial charge in [0, 0.05) is 23.7 Å². The van der Waals surface area contributed by atoms with Crippen LogP contribution in [0.3, 0.4) is 0 Å². The molecule has 9 heteroatoms. The van der Waals surface area contributed by atoms with E-state index >= 15 is 0 Å². The third kappa shape index (κ3) is 3.67. The molecule has 0 amide bonds. The minimum absolute atomic E-state index is 0.108. The molecule has 0 atom stereocenters. The van der Waals surface area contributed by atoms with Crippen LogP contribution < -0.4 is 4.72 Å². The van der Waals surface area contributed by atoms with Gasteiger partial charge in [-0.15, -0.1) is 0 Å². The van der Waals surface area contributed by atoms with Crippen molar-refractivity contribution in [3.8, 4) is 0 Å². The number of nitrogens with zero attached hydrogens (tertiary/aromatic N) is 1. The largest absolute Gasteiger partial charge is 0.271 e. The molecule has 1 aromatic carbocycles. The van der Waals surface area contributed by atoms with Crippen molar-refractivity contribution >= 4 is 38.9 Å². The first-order valence-corrected chi connectivity index (χ1v) is 6.75. The molecule has 0 unspecified atom stereocenters. The predicted octanol–water partition coefficient (Wildman–Crippen LogP) is 2.28. The first kappa shape index (κ1) is 14.9. The Hall–Kier alpha value is -1.15. The van der Waals surface area contributed by atoms with E-state index in [-0.39, 0.29) is 27.2 Å². The van der Waals surface area contributed by atoms with Crippen LogP contribution >= 0.6 is 23.2 Å². The van der Waals surface area contributed by atoms with Crippen LogP contribution in [0, 0.1) is 10.1 Å². The second-order valence-corrected chi connectivity index (χ2v) is 5.89. The number of rotatable bonds is 5. The van der Waals surface area contributed by atoms with Gasteiger partial charge >= 0.3 is 0 Å². The number of sulfonamides is 1. The SMILES string of the molecule is C=C(Cl)CNS(=O)(=O)c1ccc([N+](=O)[O-])cc1Cl. The van der Waals surface area contributed by atoms with Gasteiger partial charge in [0.15, 0.2) is 0 Å². The second-order valence-electron chi connectivity index (χ2n) is 3.21. The number of halogens is 2. The summed E-state index contributed by atoms with van der Waals surface area (Å²) in [4.78, 5) is 9.55. The molecule has 0 heterocycles. The van der Waals surface area contributed by atoms with E-state index in [2.05, 4.69) is 11.3 Å². The summed E-state index contributed by atoms with van der Waals surface area (Å²) < 4.78 is 25.7. The van der Waals surface area contributed by atoms with E-state index < -0.39 is 14.9 Å². The molecule has 1 rings (SSSR count). The number of benzene rings is 1. The first-order valence-electron chi connectivity index (χ1n) is 4.51. The standard InChI is InChI=1S/C9H8Cl2N2O4S/c1-6(10)5-12-18(16,17)9-3-2-7(13(14)15)4-8(9)11/h2-4,12H,1,5H2. The van der Waals surface area contributed by atoms with Crippen molar-refractivity contribution in [1.82, 2.24) is 4.72 Å². The molecule has 18 heavy (non-hydrogen) atoms. The van der Waals surface area contributed by atoms with Crippen LogP contribution in [0.4, 0.5) is 5.69 Å². The Balaban J connectivity index is 3.10. The van der Waals surface area contributed by atoms with Crippen molar-refractivity contribution in [3.05, 3.63) is 44.9 Å². The molecule has 1 N–H and O–H groups in total. The van der Waals surface area contributed by atoms with E-state index in [1.165, 1.54) is 0 Å². The van der Waals surface area contributed by atoms with Crippen LogP contribution in [0.1, 0.15) is 0 Å². The Labute approximate surface area is 113 Å². The average Bonchev–Trinajstić information content (AvgIpc) is 2.26. The van der Waals surface area contributed by atoms with Crippen molar-refractivity contribution in [2.75, 3.05) is 6.54 Å². The fraction of sp³-hybridized carbons (Fsp3) is 0.111. The van der Waals surface area contributed by atoms with Crippen LogP contribution in [0.25, 0.3) is 0 Å². The van der Waals surface area contributed by atoms with Crippen molar-refractivity contribution < 1.29 is 13.3 Å². The summed E-state index contributed by atoms with van der Waals surface area (Å²) in [5.41, 5.74) is -0.291. The van der Waals surface area contributed by atoms with E-state index in [1.54, 1.807) is 0 Å². The maximum absolute atomic E-state index is 11.8. The minimum atomic E-state index is -3.88. The molecule has 0 saturated heterocycles. The summed E-state index contributed by atoms with van der Waals surface area (Å²) in [6, 6.07) is 3.07. The topological polar surface area (TPSA) is 89.3 Å². The maximum atomic E-state index is 11.8. The molecule has 0 bridgehead atoms. The number of nitrogens with one attached hydrogen (secondary N) is 1. The Morgan fingerprint density at radius 3 is 2.56 bits per heavy atom. The number of nitro benzene ring substituents is 1. The van der Waals surface area contributed by atoms with Crippen LogP contribution in [0.15, 0.2) is 34.7 Å². The highest BCUT2D eigenvalue weighted by Gasteiger charge is 2.20. The lowest BCUT2D eigenvalue weighted by Crippen LogP contribution is -2.25. The van der Waals surface area contributed by atoms with E-state index in [9.17, 15) is 18.5 Å². The van der Waals surface area contributed by atoms with Crippen LogP contribution in [-0.4, -0.2) is 19.9 Å². The number of hydrogen-bond acceptors (Lipinski definition) is 4. The van der Waals surface area contributed by atoms with E-state index in [0.717, 1.165) is 18.2 Å². The van der Waals surface area contributed by atoms with Gasteiger partial charge in [0.1, 0.15) is 4.90 Å². The zero-order valence-electron chi connectivity index (χ0n) is 8.89. The minimum Gasteiger partial charge on any atom is -0.258 e. The fourth-order valence-corrected chi connectivity index (χ4v) is 2.78. The zero-order valence-corrected chi connectivity index (χ0v) is 11.2. The smallest absolute Gasteiger partial charge is 0.258 e. The average molecular weight is 311 g/mol. The Bertz CT molecular complexity index is 601. The summed E-state index contributed by atoms with van der Waals surface area (Å²) in [6.07, 6.45) is 0. The molecular weight excluding hydrogens is 303 g/mol. The normalized spacial score (nSPS) is 11.2. The Kier molecular flexibility index (Phi) is 4.69. The third-order valence-electron chi connectivity index (χ3n) is 1.87. The lowest BCUT2D eigenvalue weighted by Gasteiger charge is -2.07. The molecule has 0 fully saturated rings. The summed E-state index contributed by atoms with van der Waals surface area (Å²) in [7, 11) is -3.88. The van der Waals surface area contributed by atoms with E-state index in [1.807, 2.05) is 0 Å². The van der Waals surface area contributed by atoms with Gasteiger partial charge < -0.3 is 0 Å². The van der Waals surface area contributed by atoms with Crippen molar-refractivity contribution in [2.24, 2.45) is 0 Å². The first-order chi connectivity index (χ1) is 8.24. The van der Waals surface area contributed by atoms with Crippen molar-refractivity contribution in [1.29, 1.82) is 0 Å². The Morgan fingerprint density at radius 1 is 1.50 bits per heavy atom. The van der Waals surface area contributed by atoms with Gasteiger partial charge in [-0.05, 0) is 6.07 Å². The monoisotopic (exact) mass is 310 g/mol. The van der Waals surface area contributed by atoms with Gasteiger partial charge in [-0.3, -0.25) is 10.1 Å². The van der Waals surface area contributed by atoms with Crippen molar-refractivity contribution in [3.63, 3.8) is 0 Å². The summed E-state index contributed by atoms with van der Waals surface area (Å²) in [5, 5.41) is 10.4. The molecule has 0 spiro atoms. The lowest BCUT2D eigenvalue weighted by molar-refractivity contribution is -0.384. The maximum Gasteiger partial charge on any atom is 0.271 e. The quantitative estimate of drug-likeness (QED) is 0.667. The molecule has 0 radical (unpaired) electrons. The van der Waals surface area contributed by atoms with Gasteiger partial charge in [0.2, 0.25) is 10.0 Å². The fourth-order valence-electron chi connectivity index (χ4n) is 1.07. The molecular formula is C9H8Cl2N2O4S. The summed E-state index contributed by atoms with van der Waals surface area (Å²) in [5.74, 6) is 0. The highest BCUT2D eigenvalue weighted by Crippen LogP contribution is 2.25. The van der Waals surface area contributed by atoms with Crippen LogP contribution in [0.5, 0.6) is 0 Å².